The average Bonchev–Trinajstić information content (AvgIpc) is 2.50. The Balaban J connectivity index is 2.83. The molecular formula is C11H20O10. The fourth-order valence-corrected chi connectivity index (χ4v) is 1.91. The van der Waals surface area contributed by atoms with Crippen LogP contribution >= 0.6 is 0 Å². The van der Waals surface area contributed by atoms with Gasteiger partial charge in [-0.05, 0) is 0 Å². The molecule has 0 radical (unpaired) electrons. The van der Waals surface area contributed by atoms with Crippen molar-refractivity contribution < 1.29 is 50.0 Å². The lowest BCUT2D eigenvalue weighted by molar-refractivity contribution is -0.322. The summed E-state index contributed by atoms with van der Waals surface area (Å²) in [5.74, 6) is 0. The van der Waals surface area contributed by atoms with Gasteiger partial charge < -0.3 is 50.0 Å². The van der Waals surface area contributed by atoms with Gasteiger partial charge >= 0.3 is 0 Å². The Labute approximate surface area is 119 Å². The Bertz CT molecular complexity index is 324. The number of rotatable bonds is 7. The SMILES string of the molecule is O=C[C@H](O)[C@@H](OC1O[C@H](CO)[C@H](O)[C@H](O)[C@H]1O)[C@H](O)CO. The van der Waals surface area contributed by atoms with Gasteiger partial charge in [0.15, 0.2) is 12.6 Å². The van der Waals surface area contributed by atoms with E-state index in [2.05, 4.69) is 0 Å². The minimum absolute atomic E-state index is 0.0492. The Kier molecular flexibility index (Phi) is 7.06. The summed E-state index contributed by atoms with van der Waals surface area (Å²) in [5.41, 5.74) is 0. The molecular weight excluding hydrogens is 292 g/mol. The van der Waals surface area contributed by atoms with E-state index in [1.54, 1.807) is 0 Å². The first kappa shape index (κ1) is 18.4. The van der Waals surface area contributed by atoms with Crippen molar-refractivity contribution >= 4 is 6.29 Å². The lowest BCUT2D eigenvalue weighted by Crippen LogP contribution is -2.61. The van der Waals surface area contributed by atoms with Gasteiger partial charge in [-0.15, -0.1) is 0 Å². The number of carbonyl (C=O) groups is 1. The zero-order chi connectivity index (χ0) is 16.2. The number of hydrogen-bond donors (Lipinski definition) is 7. The summed E-state index contributed by atoms with van der Waals surface area (Å²) in [4.78, 5) is 10.6. The Morgan fingerprint density at radius 1 is 1.10 bits per heavy atom. The van der Waals surface area contributed by atoms with Crippen molar-refractivity contribution in [3.8, 4) is 0 Å². The van der Waals surface area contributed by atoms with Crippen LogP contribution in [0.25, 0.3) is 0 Å². The van der Waals surface area contributed by atoms with Gasteiger partial charge in [0.1, 0.15) is 42.7 Å². The quantitative estimate of drug-likeness (QED) is 0.225. The van der Waals surface area contributed by atoms with Crippen LogP contribution in [0, 0.1) is 0 Å². The van der Waals surface area contributed by atoms with E-state index in [4.69, 9.17) is 19.7 Å². The molecule has 7 N–H and O–H groups in total. The van der Waals surface area contributed by atoms with E-state index in [9.17, 15) is 30.3 Å². The van der Waals surface area contributed by atoms with Gasteiger partial charge in [0.2, 0.25) is 0 Å². The highest BCUT2D eigenvalue weighted by molar-refractivity contribution is 5.56. The summed E-state index contributed by atoms with van der Waals surface area (Å²) in [6.45, 7) is -1.53. The summed E-state index contributed by atoms with van der Waals surface area (Å²) in [7, 11) is 0. The molecule has 1 rings (SSSR count). The molecule has 0 aromatic carbocycles. The molecule has 0 spiro atoms. The highest BCUT2D eigenvalue weighted by atomic mass is 16.7. The number of carbonyl (C=O) groups excluding carboxylic acids is 1. The van der Waals surface area contributed by atoms with Crippen LogP contribution < -0.4 is 0 Å². The molecule has 21 heavy (non-hydrogen) atoms. The van der Waals surface area contributed by atoms with Crippen LogP contribution in [0.3, 0.4) is 0 Å². The number of hydrogen-bond acceptors (Lipinski definition) is 10. The van der Waals surface area contributed by atoms with Crippen LogP contribution in [-0.4, -0.2) is 104 Å². The molecule has 1 aliphatic rings. The molecule has 0 aliphatic carbocycles. The van der Waals surface area contributed by atoms with Crippen molar-refractivity contribution in [3.63, 3.8) is 0 Å². The third kappa shape index (κ3) is 4.16. The summed E-state index contributed by atoms with van der Waals surface area (Å²) < 4.78 is 10.0. The molecule has 1 aliphatic heterocycles. The maximum absolute atomic E-state index is 10.6. The van der Waals surface area contributed by atoms with Gasteiger partial charge in [0, 0.05) is 0 Å². The van der Waals surface area contributed by atoms with Gasteiger partial charge in [-0.2, -0.15) is 0 Å². The normalized spacial score (nSPS) is 37.8. The molecule has 1 unspecified atom stereocenters. The number of aliphatic hydroxyl groups excluding tert-OH is 7. The van der Waals surface area contributed by atoms with E-state index in [0.717, 1.165) is 0 Å². The Morgan fingerprint density at radius 3 is 2.19 bits per heavy atom. The van der Waals surface area contributed by atoms with Gasteiger partial charge in [-0.1, -0.05) is 0 Å². The maximum Gasteiger partial charge on any atom is 0.187 e. The van der Waals surface area contributed by atoms with Crippen LogP contribution in [0.4, 0.5) is 0 Å². The van der Waals surface area contributed by atoms with Crippen molar-refractivity contribution in [1.29, 1.82) is 0 Å². The summed E-state index contributed by atoms with van der Waals surface area (Å²) >= 11 is 0. The van der Waals surface area contributed by atoms with E-state index in [0.29, 0.717) is 0 Å². The van der Waals surface area contributed by atoms with E-state index in [1.807, 2.05) is 0 Å². The zero-order valence-electron chi connectivity index (χ0n) is 11.0. The van der Waals surface area contributed by atoms with Crippen LogP contribution in [-0.2, 0) is 14.3 Å². The Hall–Kier alpha value is -0.690. The second-order valence-electron chi connectivity index (χ2n) is 4.67. The minimum Gasteiger partial charge on any atom is -0.394 e. The van der Waals surface area contributed by atoms with Gasteiger partial charge in [-0.25, -0.2) is 0 Å². The largest absolute Gasteiger partial charge is 0.394 e. The van der Waals surface area contributed by atoms with E-state index < -0.39 is 62.2 Å². The van der Waals surface area contributed by atoms with Gasteiger partial charge in [-0.3, -0.25) is 0 Å². The average molecular weight is 312 g/mol. The highest BCUT2D eigenvalue weighted by Crippen LogP contribution is 2.24. The monoisotopic (exact) mass is 312 g/mol. The van der Waals surface area contributed by atoms with E-state index in [1.165, 1.54) is 0 Å². The van der Waals surface area contributed by atoms with E-state index in [-0.39, 0.29) is 6.29 Å². The molecule has 10 heteroatoms. The predicted octanol–water partition coefficient (Wildman–Crippen LogP) is -4.92. The molecule has 0 amide bonds. The van der Waals surface area contributed by atoms with Crippen LogP contribution in [0.15, 0.2) is 0 Å². The van der Waals surface area contributed by atoms with Crippen molar-refractivity contribution in [1.82, 2.24) is 0 Å². The van der Waals surface area contributed by atoms with Crippen LogP contribution in [0.5, 0.6) is 0 Å². The summed E-state index contributed by atoms with van der Waals surface area (Å²) in [6.07, 6.45) is -13.0. The molecule has 0 aromatic heterocycles. The third-order valence-electron chi connectivity index (χ3n) is 3.18. The topological polar surface area (TPSA) is 177 Å². The molecule has 1 saturated heterocycles. The maximum atomic E-state index is 10.6. The smallest absolute Gasteiger partial charge is 0.187 e. The van der Waals surface area contributed by atoms with Crippen molar-refractivity contribution in [2.75, 3.05) is 13.2 Å². The lowest BCUT2D eigenvalue weighted by atomic mass is 9.99. The standard InChI is InChI=1S/C11H20O10/c12-1-4(15)10(5(16)2-13)21-11-9(19)8(18)7(17)6(3-14)20-11/h1,4-11,13-19H,2-3H2/t4-,5+,6+,7-,8-,9+,10+,11?/m0/s1. The molecule has 124 valence electrons. The Morgan fingerprint density at radius 2 is 1.71 bits per heavy atom. The fourth-order valence-electron chi connectivity index (χ4n) is 1.91. The second kappa shape index (κ2) is 8.08. The molecule has 0 bridgehead atoms. The van der Waals surface area contributed by atoms with Crippen molar-refractivity contribution in [3.05, 3.63) is 0 Å². The summed E-state index contributed by atoms with van der Waals surface area (Å²) in [6, 6.07) is 0. The molecule has 0 aromatic rings. The number of aldehydes is 1. The minimum atomic E-state index is -1.82. The van der Waals surface area contributed by atoms with Gasteiger partial charge in [0.25, 0.3) is 0 Å². The lowest BCUT2D eigenvalue weighted by Gasteiger charge is -2.41. The second-order valence-corrected chi connectivity index (χ2v) is 4.67. The zero-order valence-corrected chi connectivity index (χ0v) is 11.0. The van der Waals surface area contributed by atoms with Crippen molar-refractivity contribution in [2.24, 2.45) is 0 Å². The van der Waals surface area contributed by atoms with Gasteiger partial charge in [0.05, 0.1) is 13.2 Å². The molecule has 1 fully saturated rings. The first-order valence-corrected chi connectivity index (χ1v) is 6.25. The first-order chi connectivity index (χ1) is 9.87. The summed E-state index contributed by atoms with van der Waals surface area (Å²) in [5, 5.41) is 65.6. The molecule has 0 saturated carbocycles. The third-order valence-corrected chi connectivity index (χ3v) is 3.18. The molecule has 8 atom stereocenters. The highest BCUT2D eigenvalue weighted by Gasteiger charge is 2.46. The first-order valence-electron chi connectivity index (χ1n) is 6.25. The fraction of sp³-hybridized carbons (Fsp3) is 0.909. The predicted molar refractivity (Wildman–Crippen MR) is 63.8 cm³/mol. The van der Waals surface area contributed by atoms with Crippen molar-refractivity contribution in [2.45, 2.75) is 49.0 Å². The molecule has 1 heterocycles. The number of ether oxygens (including phenoxy) is 2. The number of aliphatic hydroxyl groups is 7. The van der Waals surface area contributed by atoms with Crippen LogP contribution in [0.1, 0.15) is 0 Å². The molecule has 10 nitrogen and oxygen atoms in total. The van der Waals surface area contributed by atoms with E-state index >= 15 is 0 Å². The van der Waals surface area contributed by atoms with Crippen LogP contribution in [0.2, 0.25) is 0 Å².